The Bertz CT molecular complexity index is 1300. The second-order valence-corrected chi connectivity index (χ2v) is 19.7. The van der Waals surface area contributed by atoms with E-state index in [1.807, 2.05) is 37.4 Å². The third kappa shape index (κ3) is 8.95. The highest BCUT2D eigenvalue weighted by atomic mass is 32.2. The largest absolute Gasteiger partial charge is 0.269 e. The molecule has 1 aliphatic rings. The summed E-state index contributed by atoms with van der Waals surface area (Å²) >= 11 is 6.72. The monoisotopic (exact) mass is 647 g/mol. The van der Waals surface area contributed by atoms with Crippen molar-refractivity contribution in [3.8, 4) is 0 Å². The smallest absolute Gasteiger partial charge is 0.268 e. The van der Waals surface area contributed by atoms with Gasteiger partial charge in [-0.3, -0.25) is 14.5 Å². The second kappa shape index (κ2) is 14.3. The van der Waals surface area contributed by atoms with Crippen LogP contribution >= 0.6 is 47.0 Å². The van der Waals surface area contributed by atoms with E-state index in [0.29, 0.717) is 21.5 Å². The first-order valence-corrected chi connectivity index (χ1v) is 18.8. The summed E-state index contributed by atoms with van der Waals surface area (Å²) in [7, 11) is 0. The minimum absolute atomic E-state index is 0.0512. The van der Waals surface area contributed by atoms with Crippen LogP contribution < -0.4 is 0 Å². The van der Waals surface area contributed by atoms with Crippen LogP contribution in [0.5, 0.6) is 0 Å². The molecule has 1 aromatic carbocycles. The Balaban J connectivity index is 1.80. The molecule has 2 aromatic rings. The van der Waals surface area contributed by atoms with Crippen molar-refractivity contribution in [1.82, 2.24) is 14.9 Å². The lowest BCUT2D eigenvalue weighted by Gasteiger charge is -2.36. The highest BCUT2D eigenvalue weighted by molar-refractivity contribution is 8.08. The lowest BCUT2D eigenvalue weighted by atomic mass is 9.87. The van der Waals surface area contributed by atoms with E-state index in [0.717, 1.165) is 33.9 Å². The predicted octanol–water partition coefficient (Wildman–Crippen LogP) is 9.22. The molecule has 0 saturated heterocycles. The van der Waals surface area contributed by atoms with E-state index in [-0.39, 0.29) is 33.0 Å². The highest BCUT2D eigenvalue weighted by Crippen LogP contribution is 2.43. The topological polar surface area (TPSA) is 63.2 Å². The number of amides is 2. The zero-order valence-corrected chi connectivity index (χ0v) is 30.7. The molecule has 0 fully saturated rings. The van der Waals surface area contributed by atoms with Crippen LogP contribution in [-0.2, 0) is 26.5 Å². The van der Waals surface area contributed by atoms with Crippen molar-refractivity contribution in [2.24, 2.45) is 0 Å². The fourth-order valence-electron chi connectivity index (χ4n) is 4.86. The van der Waals surface area contributed by atoms with E-state index in [9.17, 15) is 9.59 Å². The van der Waals surface area contributed by atoms with Crippen LogP contribution in [0.3, 0.4) is 0 Å². The van der Waals surface area contributed by atoms with Crippen molar-refractivity contribution in [2.45, 2.75) is 133 Å². The Morgan fingerprint density at radius 3 is 1.69 bits per heavy atom. The van der Waals surface area contributed by atoms with Gasteiger partial charge in [-0.25, -0.2) is 9.97 Å². The molecule has 9 heteroatoms. The van der Waals surface area contributed by atoms with Crippen LogP contribution in [0, 0.1) is 0 Å². The van der Waals surface area contributed by atoms with Crippen LogP contribution in [0.4, 0.5) is 0 Å². The summed E-state index contributed by atoms with van der Waals surface area (Å²) in [6, 6.07) is 6.45. The van der Waals surface area contributed by atoms with Crippen LogP contribution in [0.1, 0.15) is 106 Å². The Labute approximate surface area is 271 Å². The molecule has 0 N–H and O–H groups in total. The van der Waals surface area contributed by atoms with E-state index in [4.69, 9.17) is 9.97 Å². The van der Waals surface area contributed by atoms with Gasteiger partial charge in [0.15, 0.2) is 0 Å². The summed E-state index contributed by atoms with van der Waals surface area (Å²) in [5.41, 5.74) is 4.65. The molecule has 1 aromatic heterocycles. The maximum Gasteiger partial charge on any atom is 0.269 e. The molecule has 2 heterocycles. The molecule has 1 aliphatic heterocycles. The van der Waals surface area contributed by atoms with Gasteiger partial charge in [-0.15, -0.1) is 23.5 Å². The van der Waals surface area contributed by atoms with Gasteiger partial charge in [0, 0.05) is 32.8 Å². The number of thioether (sulfide) groups is 4. The number of nitrogens with zero attached hydrogens (tertiary/aromatic N) is 3. The van der Waals surface area contributed by atoms with Gasteiger partial charge in [0.05, 0.1) is 32.2 Å². The summed E-state index contributed by atoms with van der Waals surface area (Å²) in [6.07, 6.45) is 0.695. The van der Waals surface area contributed by atoms with Gasteiger partial charge in [0.25, 0.3) is 11.8 Å². The van der Waals surface area contributed by atoms with Gasteiger partial charge in [0.2, 0.25) is 0 Å². The van der Waals surface area contributed by atoms with E-state index < -0.39 is 5.54 Å². The van der Waals surface area contributed by atoms with E-state index in [1.54, 1.807) is 0 Å². The number of rotatable bonds is 13. The SMILES string of the molecule is CC(C)SCc1nc2cc(C(C)(C)C)ccc2nc1CSC(C)CC(C)(C)N1C(=O)C(SC(C)C)=C(SC(C)C)C1=O. The van der Waals surface area contributed by atoms with Crippen molar-refractivity contribution in [3.05, 3.63) is 45.0 Å². The quantitative estimate of drug-likeness (QED) is 0.199. The maximum absolute atomic E-state index is 13.6. The molecule has 232 valence electrons. The predicted molar refractivity (Wildman–Crippen MR) is 188 cm³/mol. The molecular formula is C33H49N3O2S4. The van der Waals surface area contributed by atoms with Gasteiger partial charge in [-0.1, -0.05) is 75.3 Å². The molecule has 2 amide bonds. The summed E-state index contributed by atoms with van der Waals surface area (Å²) in [5, 5.41) is 1.16. The first-order chi connectivity index (χ1) is 19.4. The maximum atomic E-state index is 13.6. The minimum Gasteiger partial charge on any atom is -0.268 e. The second-order valence-electron chi connectivity index (χ2n) is 13.5. The third-order valence-corrected chi connectivity index (χ3v) is 11.4. The van der Waals surface area contributed by atoms with Gasteiger partial charge in [-0.05, 0) is 48.6 Å². The average Bonchev–Trinajstić information content (AvgIpc) is 3.08. The third-order valence-electron chi connectivity index (χ3n) is 6.84. The average molecular weight is 648 g/mol. The Hall–Kier alpha value is -1.16. The van der Waals surface area contributed by atoms with Crippen molar-refractivity contribution < 1.29 is 9.59 Å². The molecule has 0 spiro atoms. The highest BCUT2D eigenvalue weighted by Gasteiger charge is 2.47. The Kier molecular flexibility index (Phi) is 12.0. The van der Waals surface area contributed by atoms with E-state index in [1.165, 1.54) is 34.0 Å². The Morgan fingerprint density at radius 2 is 1.21 bits per heavy atom. The number of aromatic nitrogens is 2. The molecular weight excluding hydrogens is 599 g/mol. The molecule has 1 atom stereocenters. The summed E-state index contributed by atoms with van der Waals surface area (Å²) < 4.78 is 0. The van der Waals surface area contributed by atoms with Crippen molar-refractivity contribution in [1.29, 1.82) is 0 Å². The van der Waals surface area contributed by atoms with Gasteiger partial charge >= 0.3 is 0 Å². The summed E-state index contributed by atoms with van der Waals surface area (Å²) in [5.74, 6) is 1.27. The first kappa shape index (κ1) is 35.3. The number of hydrogen-bond acceptors (Lipinski definition) is 8. The number of imide groups is 1. The van der Waals surface area contributed by atoms with E-state index in [2.05, 4.69) is 87.4 Å². The number of carbonyl (C=O) groups is 2. The fourth-order valence-corrected chi connectivity index (χ4v) is 8.79. The van der Waals surface area contributed by atoms with Crippen LogP contribution in [0.15, 0.2) is 28.0 Å². The normalized spacial score (nSPS) is 15.8. The molecule has 0 aliphatic carbocycles. The van der Waals surface area contributed by atoms with Crippen molar-refractivity contribution in [3.63, 3.8) is 0 Å². The summed E-state index contributed by atoms with van der Waals surface area (Å²) in [6.45, 7) is 25.6. The van der Waals surface area contributed by atoms with Crippen LogP contribution in [0.25, 0.3) is 11.0 Å². The molecule has 0 bridgehead atoms. The van der Waals surface area contributed by atoms with Crippen molar-refractivity contribution >= 4 is 69.9 Å². The fraction of sp³-hybridized carbons (Fsp3) is 0.636. The van der Waals surface area contributed by atoms with Crippen LogP contribution in [-0.4, -0.2) is 53.2 Å². The number of benzene rings is 1. The van der Waals surface area contributed by atoms with Gasteiger partial charge in [0.1, 0.15) is 0 Å². The molecule has 1 unspecified atom stereocenters. The zero-order valence-electron chi connectivity index (χ0n) is 27.5. The minimum atomic E-state index is -0.614. The summed E-state index contributed by atoms with van der Waals surface area (Å²) in [4.78, 5) is 40.2. The lowest BCUT2D eigenvalue weighted by Crippen LogP contribution is -2.49. The van der Waals surface area contributed by atoms with Gasteiger partial charge < -0.3 is 0 Å². The molecule has 5 nitrogen and oxygen atoms in total. The van der Waals surface area contributed by atoms with Gasteiger partial charge in [-0.2, -0.15) is 23.5 Å². The zero-order chi connectivity index (χ0) is 31.6. The lowest BCUT2D eigenvalue weighted by molar-refractivity contribution is -0.143. The number of hydrogen-bond donors (Lipinski definition) is 0. The standard InChI is InChI=1S/C33H49N3O2S4/c1-19(2)39-17-26-27(34-24-14-13-23(32(8,9)10)15-25(24)35-26)18-40-22(7)16-33(11,12)36-30(37)28(41-20(3)4)29(31(36)38)42-21(5)6/h13-15,19-22H,16-18H2,1-12H3. The number of fused-ring (bicyclic) bond motifs is 1. The molecule has 3 rings (SSSR count). The Morgan fingerprint density at radius 1 is 0.714 bits per heavy atom. The van der Waals surface area contributed by atoms with Crippen LogP contribution in [0.2, 0.25) is 0 Å². The number of carbonyl (C=O) groups excluding carboxylic acids is 2. The first-order valence-electron chi connectivity index (χ1n) is 14.9. The molecule has 0 radical (unpaired) electrons. The van der Waals surface area contributed by atoms with Crippen molar-refractivity contribution in [2.75, 3.05) is 0 Å². The molecule has 0 saturated carbocycles. The van der Waals surface area contributed by atoms with E-state index >= 15 is 0 Å². The molecule has 42 heavy (non-hydrogen) atoms.